The zero-order chi connectivity index (χ0) is 28.5. The van der Waals surface area contributed by atoms with Crippen LogP contribution in [0.5, 0.6) is 0 Å². The summed E-state index contributed by atoms with van der Waals surface area (Å²) in [6.45, 7) is 6.32. The van der Waals surface area contributed by atoms with Crippen LogP contribution in [0.2, 0.25) is 0 Å². The van der Waals surface area contributed by atoms with Gasteiger partial charge in [-0.2, -0.15) is 0 Å². The Kier molecular flexibility index (Phi) is 42.3. The fraction of sp³-hybridized carbons (Fsp3) is 0.938. The molecule has 39 heavy (non-hydrogen) atoms. The molecule has 0 aromatic heterocycles. The number of nitrogens with zero attached hydrogens (tertiary/aromatic N) is 1. The van der Waals surface area contributed by atoms with Gasteiger partial charge >= 0.3 is 19.5 Å². The monoisotopic (exact) mass is 636 g/mol. The zero-order valence-electron chi connectivity index (χ0n) is 26.2. The van der Waals surface area contributed by atoms with E-state index in [0.29, 0.717) is 0 Å². The third-order valence-corrected chi connectivity index (χ3v) is 7.58. The summed E-state index contributed by atoms with van der Waals surface area (Å²) < 4.78 is 0. The van der Waals surface area contributed by atoms with Gasteiger partial charge in [0.2, 0.25) is 0 Å². The second-order valence-corrected chi connectivity index (χ2v) is 11.8. The van der Waals surface area contributed by atoms with E-state index in [0.717, 1.165) is 25.9 Å². The van der Waals surface area contributed by atoms with Crippen LogP contribution in [-0.4, -0.2) is 28.5 Å². The molecule has 2 amide bonds. The number of hydrogen-bond acceptors (Lipinski definition) is 4. The van der Waals surface area contributed by atoms with Crippen LogP contribution >= 0.6 is 0 Å². The molecular formula is C32H64N2O2S2Zn. The van der Waals surface area contributed by atoms with Crippen molar-refractivity contribution in [3.63, 3.8) is 0 Å². The Balaban J connectivity index is -0.00000241. The summed E-state index contributed by atoms with van der Waals surface area (Å²) in [5.74, 6) is 0. The number of nitrogens with two attached hydrogens (primary N) is 1. The molecule has 0 aliphatic rings. The number of carbonyl (C=O) groups is 2. The third-order valence-electron chi connectivity index (χ3n) is 7.32. The minimum atomic E-state index is -0.750. The van der Waals surface area contributed by atoms with Crippen molar-refractivity contribution in [2.45, 2.75) is 181 Å². The molecule has 228 valence electrons. The molecule has 0 heterocycles. The van der Waals surface area contributed by atoms with E-state index in [1.54, 1.807) is 0 Å². The summed E-state index contributed by atoms with van der Waals surface area (Å²) in [5.41, 5.74) is 4.29. The first kappa shape index (κ1) is 43.5. The Labute approximate surface area is 268 Å². The molecule has 0 aliphatic heterocycles. The van der Waals surface area contributed by atoms with E-state index < -0.39 is 5.24 Å². The third kappa shape index (κ3) is 42.6. The van der Waals surface area contributed by atoms with E-state index in [1.807, 2.05) is 4.90 Å². The van der Waals surface area contributed by atoms with E-state index in [9.17, 15) is 4.79 Å². The second-order valence-electron chi connectivity index (χ2n) is 11.1. The Morgan fingerprint density at radius 1 is 0.462 bits per heavy atom. The normalized spacial score (nSPS) is 10.4. The van der Waals surface area contributed by atoms with Crippen molar-refractivity contribution < 1.29 is 29.1 Å². The van der Waals surface area contributed by atoms with Gasteiger partial charge in [0.1, 0.15) is 5.24 Å². The van der Waals surface area contributed by atoms with Crippen molar-refractivity contribution in [3.05, 3.63) is 0 Å². The molecule has 0 aromatic rings. The second kappa shape index (κ2) is 38.0. The first-order valence-electron chi connectivity index (χ1n) is 16.4. The van der Waals surface area contributed by atoms with Crippen molar-refractivity contribution in [2.75, 3.05) is 13.1 Å². The fourth-order valence-electron chi connectivity index (χ4n) is 4.94. The fourth-order valence-corrected chi connectivity index (χ4v) is 5.12. The van der Waals surface area contributed by atoms with Crippen LogP contribution in [0.4, 0.5) is 9.59 Å². The van der Waals surface area contributed by atoms with E-state index in [1.165, 1.54) is 154 Å². The summed E-state index contributed by atoms with van der Waals surface area (Å²) in [6, 6.07) is 0. The predicted octanol–water partition coefficient (Wildman–Crippen LogP) is 10.7. The number of rotatable bonds is 28. The molecule has 0 rings (SSSR count). The van der Waals surface area contributed by atoms with Crippen LogP contribution in [-0.2, 0) is 44.7 Å². The van der Waals surface area contributed by atoms with Gasteiger partial charge in [0.05, 0.1) is 5.24 Å². The first-order chi connectivity index (χ1) is 18.5. The van der Waals surface area contributed by atoms with E-state index in [4.69, 9.17) is 17.4 Å². The van der Waals surface area contributed by atoms with Crippen LogP contribution < -0.4 is 5.73 Å². The molecule has 0 saturated heterocycles. The molecule has 0 bridgehead atoms. The summed E-state index contributed by atoms with van der Waals surface area (Å²) in [7, 11) is 0. The van der Waals surface area contributed by atoms with E-state index >= 15 is 0 Å². The minimum absolute atomic E-state index is 0. The van der Waals surface area contributed by atoms with Crippen LogP contribution in [0.1, 0.15) is 181 Å². The Morgan fingerprint density at radius 2 is 0.641 bits per heavy atom. The smallest absolute Gasteiger partial charge is 0.719 e. The van der Waals surface area contributed by atoms with Gasteiger partial charge in [-0.15, -0.1) is 0 Å². The van der Waals surface area contributed by atoms with Gasteiger partial charge < -0.3 is 45.5 Å². The molecule has 0 aliphatic carbocycles. The molecule has 0 spiro atoms. The molecule has 0 aromatic carbocycles. The average molecular weight is 638 g/mol. The maximum Gasteiger partial charge on any atom is 2.00 e. The molecule has 4 nitrogen and oxygen atoms in total. The van der Waals surface area contributed by atoms with Crippen molar-refractivity contribution in [1.29, 1.82) is 0 Å². The summed E-state index contributed by atoms with van der Waals surface area (Å²) >= 11 is 8.73. The number of amides is 2. The number of hydrogen-bond donors (Lipinski definition) is 1. The number of primary amides is 1. The van der Waals surface area contributed by atoms with Gasteiger partial charge in [0.25, 0.3) is 0 Å². The van der Waals surface area contributed by atoms with Crippen molar-refractivity contribution in [1.82, 2.24) is 4.90 Å². The molecule has 0 fully saturated rings. The number of carbonyl (C=O) groups excluding carboxylic acids is 2. The standard InChI is InChI=1S/C31H63NOS.CH3NOS.Zn/c1-3-5-7-9-11-13-15-17-19-21-23-25-27-29-32(31(33)34)30-28-26-24-22-20-18-16-14-12-10-8-6-4-2;2-1(3)4;/h3-30H2,1-2H3,(H,33,34);(H3,2,3,4);/q;;+2/p-2. The van der Waals surface area contributed by atoms with Gasteiger partial charge in [0, 0.05) is 13.1 Å². The summed E-state index contributed by atoms with van der Waals surface area (Å²) in [6.07, 6.45) is 35.5. The molecule has 0 radical (unpaired) electrons. The Bertz CT molecular complexity index is 465. The molecule has 2 N–H and O–H groups in total. The molecule has 0 atom stereocenters. The maximum absolute atomic E-state index is 11.8. The zero-order valence-corrected chi connectivity index (χ0v) is 30.8. The van der Waals surface area contributed by atoms with Crippen molar-refractivity contribution in [3.8, 4) is 0 Å². The Morgan fingerprint density at radius 3 is 0.821 bits per heavy atom. The molecule has 0 unspecified atom stereocenters. The maximum atomic E-state index is 11.8. The van der Waals surface area contributed by atoms with Gasteiger partial charge in [-0.3, -0.25) is 0 Å². The average Bonchev–Trinajstić information content (AvgIpc) is 2.87. The molecule has 7 heteroatoms. The predicted molar refractivity (Wildman–Crippen MR) is 173 cm³/mol. The topological polar surface area (TPSA) is 63.4 Å². The number of unbranched alkanes of at least 4 members (excludes halogenated alkanes) is 24. The van der Waals surface area contributed by atoms with Crippen molar-refractivity contribution >= 4 is 35.7 Å². The van der Waals surface area contributed by atoms with E-state index in [2.05, 4.69) is 32.2 Å². The van der Waals surface area contributed by atoms with Crippen LogP contribution in [0.15, 0.2) is 0 Å². The first-order valence-corrected chi connectivity index (χ1v) is 17.2. The summed E-state index contributed by atoms with van der Waals surface area (Å²) in [5, 5.41) is -0.891. The molecular weight excluding hydrogens is 574 g/mol. The summed E-state index contributed by atoms with van der Waals surface area (Å²) in [4.78, 5) is 22.7. The van der Waals surface area contributed by atoms with Gasteiger partial charge in [-0.1, -0.05) is 168 Å². The van der Waals surface area contributed by atoms with Gasteiger partial charge in [0.15, 0.2) is 0 Å². The van der Waals surface area contributed by atoms with Crippen molar-refractivity contribution in [2.24, 2.45) is 5.73 Å². The SMILES string of the molecule is CCCCCCCCCCCCCCCN(CCCCCCCCCCCCCCC)C(=O)[S-].NC(=O)[S-].[Zn+2]. The van der Waals surface area contributed by atoms with Gasteiger partial charge in [-0.05, 0) is 12.8 Å². The minimum Gasteiger partial charge on any atom is -0.719 e. The van der Waals surface area contributed by atoms with Crippen LogP contribution in [0.25, 0.3) is 0 Å². The van der Waals surface area contributed by atoms with Gasteiger partial charge in [-0.25, -0.2) is 0 Å². The molecule has 0 saturated carbocycles. The van der Waals surface area contributed by atoms with E-state index in [-0.39, 0.29) is 24.7 Å². The van der Waals surface area contributed by atoms with Crippen LogP contribution in [0, 0.1) is 0 Å². The van der Waals surface area contributed by atoms with Crippen LogP contribution in [0.3, 0.4) is 0 Å². The largest absolute Gasteiger partial charge is 2.00 e. The Hall–Kier alpha value is 0.00338. The quantitative estimate of drug-likeness (QED) is 0.0526.